The molecule has 6 nitrogen and oxygen atoms in total. The molecule has 30 heavy (non-hydrogen) atoms. The van der Waals surface area contributed by atoms with Gasteiger partial charge in [0.25, 0.3) is 5.91 Å². The molecule has 1 atom stereocenters. The summed E-state index contributed by atoms with van der Waals surface area (Å²) in [4.78, 5) is 19.3. The van der Waals surface area contributed by atoms with E-state index in [-0.39, 0.29) is 18.0 Å². The van der Waals surface area contributed by atoms with Gasteiger partial charge in [0.15, 0.2) is 5.69 Å². The van der Waals surface area contributed by atoms with Crippen LogP contribution in [0.25, 0.3) is 0 Å². The number of rotatable bonds is 7. The fraction of sp³-hybridized carbons (Fsp3) is 0.333. The van der Waals surface area contributed by atoms with Crippen LogP contribution in [0.15, 0.2) is 71.3 Å². The Labute approximate surface area is 177 Å². The van der Waals surface area contributed by atoms with Crippen molar-refractivity contribution in [3.63, 3.8) is 0 Å². The third-order valence-corrected chi connectivity index (χ3v) is 5.54. The number of carbonyl (C=O) groups is 1. The van der Waals surface area contributed by atoms with E-state index in [2.05, 4.69) is 39.5 Å². The Morgan fingerprint density at radius 1 is 1.07 bits per heavy atom. The van der Waals surface area contributed by atoms with Gasteiger partial charge in [-0.3, -0.25) is 9.69 Å². The highest BCUT2D eigenvalue weighted by molar-refractivity contribution is 5.92. The number of oxazole rings is 1. The lowest BCUT2D eigenvalue weighted by molar-refractivity contribution is 0.0904. The van der Waals surface area contributed by atoms with Gasteiger partial charge in [-0.25, -0.2) is 4.98 Å². The van der Waals surface area contributed by atoms with Crippen LogP contribution in [0.3, 0.4) is 0 Å². The molecule has 6 heteroatoms. The summed E-state index contributed by atoms with van der Waals surface area (Å²) in [5.41, 5.74) is 8.93. The van der Waals surface area contributed by atoms with Gasteiger partial charge in [-0.1, -0.05) is 60.7 Å². The lowest BCUT2D eigenvalue weighted by atomic mass is 10.0. The number of carbonyl (C=O) groups excluding carboxylic acids is 1. The number of amides is 1. The van der Waals surface area contributed by atoms with Gasteiger partial charge in [0.1, 0.15) is 6.26 Å². The minimum absolute atomic E-state index is 0.155. The lowest BCUT2D eigenvalue weighted by Crippen LogP contribution is -2.44. The highest BCUT2D eigenvalue weighted by atomic mass is 16.3. The number of nitrogens with one attached hydrogen (secondary N) is 1. The van der Waals surface area contributed by atoms with Crippen molar-refractivity contribution in [2.45, 2.75) is 37.9 Å². The van der Waals surface area contributed by atoms with Crippen molar-refractivity contribution in [1.82, 2.24) is 15.2 Å². The van der Waals surface area contributed by atoms with Gasteiger partial charge in [-0.05, 0) is 30.4 Å². The Hall–Kier alpha value is -2.96. The maximum absolute atomic E-state index is 12.6. The third-order valence-electron chi connectivity index (χ3n) is 5.54. The zero-order valence-corrected chi connectivity index (χ0v) is 17.0. The first-order valence-electron chi connectivity index (χ1n) is 10.5. The zero-order chi connectivity index (χ0) is 20.8. The Morgan fingerprint density at radius 3 is 2.37 bits per heavy atom. The van der Waals surface area contributed by atoms with E-state index >= 15 is 0 Å². The molecule has 2 heterocycles. The van der Waals surface area contributed by atoms with E-state index in [9.17, 15) is 4.79 Å². The molecule has 3 N–H and O–H groups in total. The first-order chi connectivity index (χ1) is 14.7. The molecular formula is C24H28N4O2. The Kier molecular flexibility index (Phi) is 6.57. The highest BCUT2D eigenvalue weighted by Crippen LogP contribution is 2.17. The standard InChI is InChI=1S/C24H28N4O2/c25-21(15-18-7-3-1-4-8-18)24-27-22(17-30-24)23(29)26-20-11-13-28(14-12-20)16-19-9-5-2-6-10-19/h1-10,17,20-21H,11-16,25H2,(H,26,29). The molecule has 2 aromatic carbocycles. The number of hydrogen-bond acceptors (Lipinski definition) is 5. The van der Waals surface area contributed by atoms with Crippen molar-refractivity contribution in [3.8, 4) is 0 Å². The molecule has 1 aliphatic rings. The van der Waals surface area contributed by atoms with Crippen LogP contribution >= 0.6 is 0 Å². The lowest BCUT2D eigenvalue weighted by Gasteiger charge is -2.32. The topological polar surface area (TPSA) is 84.4 Å². The summed E-state index contributed by atoms with van der Waals surface area (Å²) in [6.45, 7) is 2.88. The molecular weight excluding hydrogens is 376 g/mol. The van der Waals surface area contributed by atoms with Crippen LogP contribution in [0.2, 0.25) is 0 Å². The van der Waals surface area contributed by atoms with Crippen molar-refractivity contribution < 1.29 is 9.21 Å². The number of aromatic nitrogens is 1. The van der Waals surface area contributed by atoms with E-state index in [1.54, 1.807) is 0 Å². The Morgan fingerprint density at radius 2 is 1.70 bits per heavy atom. The quantitative estimate of drug-likeness (QED) is 0.631. The zero-order valence-electron chi connectivity index (χ0n) is 17.0. The van der Waals surface area contributed by atoms with Crippen molar-refractivity contribution in [1.29, 1.82) is 0 Å². The average molecular weight is 405 g/mol. The molecule has 0 aliphatic carbocycles. The van der Waals surface area contributed by atoms with E-state index in [0.29, 0.717) is 18.0 Å². The summed E-state index contributed by atoms with van der Waals surface area (Å²) in [5, 5.41) is 3.09. The number of nitrogens with zero attached hydrogens (tertiary/aromatic N) is 2. The second kappa shape index (κ2) is 9.69. The predicted molar refractivity (Wildman–Crippen MR) is 116 cm³/mol. The molecule has 3 aromatic rings. The molecule has 0 saturated carbocycles. The van der Waals surface area contributed by atoms with Crippen molar-refractivity contribution in [2.75, 3.05) is 13.1 Å². The number of benzene rings is 2. The largest absolute Gasteiger partial charge is 0.446 e. The van der Waals surface area contributed by atoms with Gasteiger partial charge >= 0.3 is 0 Å². The van der Waals surface area contributed by atoms with Crippen LogP contribution < -0.4 is 11.1 Å². The molecule has 4 rings (SSSR count). The summed E-state index contributed by atoms with van der Waals surface area (Å²) in [7, 11) is 0. The summed E-state index contributed by atoms with van der Waals surface area (Å²) in [5.74, 6) is 0.195. The van der Waals surface area contributed by atoms with Gasteiger partial charge in [-0.15, -0.1) is 0 Å². The maximum Gasteiger partial charge on any atom is 0.273 e. The molecule has 1 aliphatic heterocycles. The second-order valence-electron chi connectivity index (χ2n) is 7.88. The Bertz CT molecular complexity index is 934. The molecule has 156 valence electrons. The van der Waals surface area contributed by atoms with E-state index in [1.165, 1.54) is 11.8 Å². The molecule has 0 bridgehead atoms. The fourth-order valence-electron chi connectivity index (χ4n) is 3.85. The fourth-order valence-corrected chi connectivity index (χ4v) is 3.85. The molecule has 1 aromatic heterocycles. The minimum atomic E-state index is -0.379. The van der Waals surface area contributed by atoms with Crippen LogP contribution in [0.4, 0.5) is 0 Å². The normalized spacial score (nSPS) is 16.3. The van der Waals surface area contributed by atoms with Crippen LogP contribution in [-0.2, 0) is 13.0 Å². The first-order valence-corrected chi connectivity index (χ1v) is 10.5. The number of nitrogens with two attached hydrogens (primary N) is 1. The van der Waals surface area contributed by atoms with Gasteiger partial charge in [0.2, 0.25) is 5.89 Å². The van der Waals surface area contributed by atoms with Gasteiger partial charge < -0.3 is 15.5 Å². The van der Waals surface area contributed by atoms with E-state index < -0.39 is 0 Å². The van der Waals surface area contributed by atoms with Crippen LogP contribution in [0, 0.1) is 0 Å². The van der Waals surface area contributed by atoms with E-state index in [4.69, 9.17) is 10.2 Å². The van der Waals surface area contributed by atoms with E-state index in [0.717, 1.165) is 38.0 Å². The summed E-state index contributed by atoms with van der Waals surface area (Å²) >= 11 is 0. The SMILES string of the molecule is NC(Cc1ccccc1)c1nc(C(=O)NC2CCN(Cc3ccccc3)CC2)co1. The summed E-state index contributed by atoms with van der Waals surface area (Å²) in [6.07, 6.45) is 3.87. The van der Waals surface area contributed by atoms with E-state index in [1.807, 2.05) is 36.4 Å². The predicted octanol–water partition coefficient (Wildman–Crippen LogP) is 3.31. The second-order valence-corrected chi connectivity index (χ2v) is 7.88. The average Bonchev–Trinajstić information content (AvgIpc) is 3.27. The molecule has 1 amide bonds. The summed E-state index contributed by atoms with van der Waals surface area (Å²) in [6, 6.07) is 20.2. The molecule has 1 fully saturated rings. The van der Waals surface area contributed by atoms with Crippen molar-refractivity contribution >= 4 is 5.91 Å². The monoisotopic (exact) mass is 404 g/mol. The molecule has 1 unspecified atom stereocenters. The molecule has 0 radical (unpaired) electrons. The van der Waals surface area contributed by atoms with Crippen LogP contribution in [-0.4, -0.2) is 34.9 Å². The number of piperidine rings is 1. The minimum Gasteiger partial charge on any atom is -0.446 e. The third kappa shape index (κ3) is 5.34. The first kappa shape index (κ1) is 20.3. The number of hydrogen-bond donors (Lipinski definition) is 2. The Balaban J connectivity index is 1.26. The van der Waals surface area contributed by atoms with Gasteiger partial charge in [0.05, 0.1) is 6.04 Å². The van der Waals surface area contributed by atoms with Crippen LogP contribution in [0.5, 0.6) is 0 Å². The van der Waals surface area contributed by atoms with Gasteiger partial charge in [0, 0.05) is 25.7 Å². The number of likely N-dealkylation sites (tertiary alicyclic amines) is 1. The molecule has 1 saturated heterocycles. The maximum atomic E-state index is 12.6. The molecule has 0 spiro atoms. The van der Waals surface area contributed by atoms with Gasteiger partial charge in [-0.2, -0.15) is 0 Å². The van der Waals surface area contributed by atoms with Crippen LogP contribution in [0.1, 0.15) is 46.4 Å². The smallest absolute Gasteiger partial charge is 0.273 e. The van der Waals surface area contributed by atoms with Crippen molar-refractivity contribution in [2.24, 2.45) is 5.73 Å². The van der Waals surface area contributed by atoms with Crippen molar-refractivity contribution in [3.05, 3.63) is 89.6 Å². The summed E-state index contributed by atoms with van der Waals surface area (Å²) < 4.78 is 5.49. The highest BCUT2D eigenvalue weighted by Gasteiger charge is 2.23.